The van der Waals surface area contributed by atoms with Crippen molar-refractivity contribution in [2.24, 2.45) is 0 Å². The van der Waals surface area contributed by atoms with Crippen LogP contribution in [0.1, 0.15) is 11.3 Å². The zero-order chi connectivity index (χ0) is 10.7. The lowest BCUT2D eigenvalue weighted by molar-refractivity contribution is -0.129. The molecule has 3 heteroatoms. The van der Waals surface area contributed by atoms with E-state index in [1.54, 1.807) is 0 Å². The highest BCUT2D eigenvalue weighted by Gasteiger charge is 1.98. The van der Waals surface area contributed by atoms with Crippen LogP contribution in [0.3, 0.4) is 0 Å². The number of ether oxygens (including phenoxy) is 1. The van der Waals surface area contributed by atoms with Gasteiger partial charge in [0.1, 0.15) is 6.61 Å². The maximum Gasteiger partial charge on any atom is 0.293 e. The van der Waals surface area contributed by atoms with Crippen LogP contribution in [-0.4, -0.2) is 11.5 Å². The van der Waals surface area contributed by atoms with Crippen LogP contribution in [0.25, 0.3) is 10.9 Å². The van der Waals surface area contributed by atoms with Crippen LogP contribution in [0, 0.1) is 6.92 Å². The number of carbonyl (C=O) groups is 1. The van der Waals surface area contributed by atoms with E-state index in [2.05, 4.69) is 15.8 Å². The highest BCUT2D eigenvalue weighted by Crippen LogP contribution is 2.14. The molecule has 0 fully saturated rings. The van der Waals surface area contributed by atoms with Crippen molar-refractivity contribution in [3.05, 3.63) is 41.6 Å². The van der Waals surface area contributed by atoms with Crippen molar-refractivity contribution >= 4 is 17.4 Å². The van der Waals surface area contributed by atoms with Gasteiger partial charge in [-0.05, 0) is 25.1 Å². The lowest BCUT2D eigenvalue weighted by Crippen LogP contribution is -1.94. The second-order valence-electron chi connectivity index (χ2n) is 3.41. The number of hydrogen-bond donors (Lipinski definition) is 0. The predicted octanol–water partition coefficient (Wildman–Crippen LogP) is 2.22. The van der Waals surface area contributed by atoms with Gasteiger partial charge in [-0.3, -0.25) is 4.79 Å². The summed E-state index contributed by atoms with van der Waals surface area (Å²) in [5.41, 5.74) is 2.90. The van der Waals surface area contributed by atoms with Gasteiger partial charge in [0.15, 0.2) is 0 Å². The topological polar surface area (TPSA) is 39.2 Å². The second-order valence-corrected chi connectivity index (χ2v) is 3.41. The summed E-state index contributed by atoms with van der Waals surface area (Å²) in [4.78, 5) is 14.4. The number of benzene rings is 1. The van der Waals surface area contributed by atoms with Gasteiger partial charge in [0.05, 0.1) is 11.2 Å². The fourth-order valence-corrected chi connectivity index (χ4v) is 1.49. The van der Waals surface area contributed by atoms with Crippen LogP contribution >= 0.6 is 0 Å². The Morgan fingerprint density at radius 2 is 2.20 bits per heavy atom. The van der Waals surface area contributed by atoms with E-state index in [0.717, 1.165) is 16.6 Å². The summed E-state index contributed by atoms with van der Waals surface area (Å²) < 4.78 is 4.65. The first-order chi connectivity index (χ1) is 7.29. The number of nitrogens with zero attached hydrogens (tertiary/aromatic N) is 1. The smallest absolute Gasteiger partial charge is 0.293 e. The largest absolute Gasteiger partial charge is 0.461 e. The Kier molecular flexibility index (Phi) is 2.63. The fourth-order valence-electron chi connectivity index (χ4n) is 1.49. The number of rotatable bonds is 3. The third-order valence-electron chi connectivity index (χ3n) is 2.20. The van der Waals surface area contributed by atoms with E-state index in [4.69, 9.17) is 0 Å². The minimum absolute atomic E-state index is 0.229. The van der Waals surface area contributed by atoms with Gasteiger partial charge in [-0.25, -0.2) is 4.98 Å². The van der Waals surface area contributed by atoms with E-state index in [1.165, 1.54) is 5.56 Å². The van der Waals surface area contributed by atoms with Gasteiger partial charge in [0, 0.05) is 5.39 Å². The molecule has 0 aliphatic rings. The normalized spacial score (nSPS) is 10.2. The van der Waals surface area contributed by atoms with Crippen LogP contribution < -0.4 is 0 Å². The van der Waals surface area contributed by atoms with Gasteiger partial charge < -0.3 is 4.74 Å². The summed E-state index contributed by atoms with van der Waals surface area (Å²) in [6.45, 7) is 2.71. The molecule has 0 N–H and O–H groups in total. The van der Waals surface area contributed by atoms with Crippen LogP contribution in [0.2, 0.25) is 0 Å². The molecule has 2 rings (SSSR count). The van der Waals surface area contributed by atoms with E-state index in [-0.39, 0.29) is 6.61 Å². The summed E-state index contributed by atoms with van der Waals surface area (Å²) in [6, 6.07) is 9.91. The minimum Gasteiger partial charge on any atom is -0.461 e. The van der Waals surface area contributed by atoms with Crippen molar-refractivity contribution in [1.82, 2.24) is 4.98 Å². The lowest BCUT2D eigenvalue weighted by Gasteiger charge is -2.02. The highest BCUT2D eigenvalue weighted by atomic mass is 16.5. The molecule has 2 aromatic rings. The Bertz CT molecular complexity index is 494. The third-order valence-corrected chi connectivity index (χ3v) is 2.20. The van der Waals surface area contributed by atoms with E-state index >= 15 is 0 Å². The average molecular weight is 201 g/mol. The summed E-state index contributed by atoms with van der Waals surface area (Å²) in [5, 5.41) is 1.10. The zero-order valence-corrected chi connectivity index (χ0v) is 8.43. The van der Waals surface area contributed by atoms with Crippen LogP contribution in [-0.2, 0) is 16.1 Å². The Hall–Kier alpha value is -1.90. The maximum absolute atomic E-state index is 10.0. The first-order valence-electron chi connectivity index (χ1n) is 4.71. The number of fused-ring (bicyclic) bond motifs is 1. The molecule has 0 radical (unpaired) electrons. The van der Waals surface area contributed by atoms with E-state index in [9.17, 15) is 4.79 Å². The molecule has 1 aromatic carbocycles. The average Bonchev–Trinajstić information content (AvgIpc) is 2.26. The van der Waals surface area contributed by atoms with E-state index in [0.29, 0.717) is 6.47 Å². The molecule has 0 amide bonds. The van der Waals surface area contributed by atoms with Gasteiger partial charge in [-0.1, -0.05) is 17.7 Å². The zero-order valence-electron chi connectivity index (χ0n) is 8.43. The summed E-state index contributed by atoms with van der Waals surface area (Å²) in [5.74, 6) is 0. The third kappa shape index (κ3) is 2.13. The lowest BCUT2D eigenvalue weighted by atomic mass is 10.1. The number of aryl methyl sites for hydroxylation is 1. The van der Waals surface area contributed by atoms with E-state index < -0.39 is 0 Å². The molecule has 0 aliphatic heterocycles. The van der Waals surface area contributed by atoms with Crippen LogP contribution in [0.5, 0.6) is 0 Å². The molecular formula is C12H11NO2. The van der Waals surface area contributed by atoms with Crippen LogP contribution in [0.15, 0.2) is 30.3 Å². The predicted molar refractivity (Wildman–Crippen MR) is 57.3 cm³/mol. The second kappa shape index (κ2) is 4.09. The molecular weight excluding hydrogens is 190 g/mol. The Labute approximate surface area is 87.7 Å². The van der Waals surface area contributed by atoms with Crippen molar-refractivity contribution < 1.29 is 9.53 Å². The molecule has 0 bridgehead atoms. The molecule has 0 saturated carbocycles. The van der Waals surface area contributed by atoms with Crippen molar-refractivity contribution in [2.45, 2.75) is 13.5 Å². The van der Waals surface area contributed by atoms with E-state index in [1.807, 2.05) is 31.2 Å². The molecule has 0 spiro atoms. The number of aromatic nitrogens is 1. The Morgan fingerprint density at radius 3 is 3.00 bits per heavy atom. The van der Waals surface area contributed by atoms with Gasteiger partial charge in [0.2, 0.25) is 0 Å². The molecule has 0 aliphatic carbocycles. The number of carbonyl (C=O) groups excluding carboxylic acids is 1. The first kappa shape index (κ1) is 9.65. The Morgan fingerprint density at radius 1 is 1.33 bits per heavy atom. The fraction of sp³-hybridized carbons (Fsp3) is 0.167. The molecule has 1 aromatic heterocycles. The quantitative estimate of drug-likeness (QED) is 0.715. The molecule has 15 heavy (non-hydrogen) atoms. The first-order valence-corrected chi connectivity index (χ1v) is 4.71. The van der Waals surface area contributed by atoms with Gasteiger partial charge in [-0.2, -0.15) is 0 Å². The standard InChI is InChI=1S/C12H11NO2/c1-9-2-5-12-10(6-9)3-4-11(13-12)7-15-8-14/h2-6,8H,7H2,1H3. The van der Waals surface area contributed by atoms with Crippen LogP contribution in [0.4, 0.5) is 0 Å². The minimum atomic E-state index is 0.229. The SMILES string of the molecule is Cc1ccc2nc(COC=O)ccc2c1. The van der Waals surface area contributed by atoms with Gasteiger partial charge in [-0.15, -0.1) is 0 Å². The highest BCUT2D eigenvalue weighted by molar-refractivity contribution is 5.79. The molecule has 1 heterocycles. The van der Waals surface area contributed by atoms with Gasteiger partial charge in [0.25, 0.3) is 6.47 Å². The summed E-state index contributed by atoms with van der Waals surface area (Å²) in [7, 11) is 0. The number of hydrogen-bond acceptors (Lipinski definition) is 3. The van der Waals surface area contributed by atoms with Crippen molar-refractivity contribution in [3.63, 3.8) is 0 Å². The molecule has 0 unspecified atom stereocenters. The van der Waals surface area contributed by atoms with Crippen molar-refractivity contribution in [3.8, 4) is 0 Å². The monoisotopic (exact) mass is 201 g/mol. The molecule has 76 valence electrons. The Balaban J connectivity index is 2.38. The molecule has 0 saturated heterocycles. The van der Waals surface area contributed by atoms with Gasteiger partial charge >= 0.3 is 0 Å². The van der Waals surface area contributed by atoms with Crippen molar-refractivity contribution in [2.75, 3.05) is 0 Å². The summed E-state index contributed by atoms with van der Waals surface area (Å²) >= 11 is 0. The maximum atomic E-state index is 10.0. The van der Waals surface area contributed by atoms with Crippen molar-refractivity contribution in [1.29, 1.82) is 0 Å². The number of pyridine rings is 1. The summed E-state index contributed by atoms with van der Waals surface area (Å²) in [6.07, 6.45) is 0. The molecule has 3 nitrogen and oxygen atoms in total. The molecule has 0 atom stereocenters.